The van der Waals surface area contributed by atoms with E-state index in [9.17, 15) is 0 Å². The SMILES string of the molecule is Clc1cnc(N2CCC[C@@]3(CCNC3)C2)nc1. The summed E-state index contributed by atoms with van der Waals surface area (Å²) in [6.45, 7) is 4.41. The number of hydrogen-bond donors (Lipinski definition) is 1. The molecule has 0 aliphatic carbocycles. The molecule has 2 aliphatic rings. The molecule has 5 heteroatoms. The van der Waals surface area contributed by atoms with Crippen molar-refractivity contribution < 1.29 is 0 Å². The molecule has 2 aliphatic heterocycles. The van der Waals surface area contributed by atoms with Gasteiger partial charge in [-0.2, -0.15) is 0 Å². The fourth-order valence-corrected chi connectivity index (χ4v) is 3.09. The minimum Gasteiger partial charge on any atom is -0.340 e. The molecule has 92 valence electrons. The van der Waals surface area contributed by atoms with Crippen molar-refractivity contribution in [2.75, 3.05) is 31.1 Å². The van der Waals surface area contributed by atoms with E-state index >= 15 is 0 Å². The fraction of sp³-hybridized carbons (Fsp3) is 0.667. The van der Waals surface area contributed by atoms with Gasteiger partial charge in [0.05, 0.1) is 17.4 Å². The maximum Gasteiger partial charge on any atom is 0.225 e. The average molecular weight is 253 g/mol. The summed E-state index contributed by atoms with van der Waals surface area (Å²) in [5.41, 5.74) is 0.446. The third-order valence-electron chi connectivity index (χ3n) is 3.88. The van der Waals surface area contributed by atoms with Crippen LogP contribution in [0.25, 0.3) is 0 Å². The minimum atomic E-state index is 0.446. The second kappa shape index (κ2) is 4.42. The first-order chi connectivity index (χ1) is 8.27. The largest absolute Gasteiger partial charge is 0.340 e. The van der Waals surface area contributed by atoms with Crippen molar-refractivity contribution in [2.24, 2.45) is 5.41 Å². The van der Waals surface area contributed by atoms with Crippen LogP contribution in [0.5, 0.6) is 0 Å². The monoisotopic (exact) mass is 252 g/mol. The number of aromatic nitrogens is 2. The van der Waals surface area contributed by atoms with E-state index in [2.05, 4.69) is 20.2 Å². The molecular weight excluding hydrogens is 236 g/mol. The van der Waals surface area contributed by atoms with Gasteiger partial charge in [0.15, 0.2) is 0 Å². The molecular formula is C12H17ClN4. The maximum absolute atomic E-state index is 5.82. The maximum atomic E-state index is 5.82. The molecule has 0 aromatic carbocycles. The van der Waals surface area contributed by atoms with Gasteiger partial charge in [-0.15, -0.1) is 0 Å². The number of rotatable bonds is 1. The van der Waals surface area contributed by atoms with E-state index in [1.807, 2.05) is 0 Å². The predicted octanol–water partition coefficient (Wildman–Crippen LogP) is 1.71. The molecule has 0 amide bonds. The summed E-state index contributed by atoms with van der Waals surface area (Å²) in [4.78, 5) is 10.9. The number of anilines is 1. The molecule has 4 nitrogen and oxygen atoms in total. The fourth-order valence-electron chi connectivity index (χ4n) is 2.99. The zero-order chi connectivity index (χ0) is 11.7. The average Bonchev–Trinajstić information content (AvgIpc) is 2.78. The van der Waals surface area contributed by atoms with E-state index in [4.69, 9.17) is 11.6 Å². The van der Waals surface area contributed by atoms with Crippen LogP contribution in [0.4, 0.5) is 5.95 Å². The number of nitrogens with one attached hydrogen (secondary N) is 1. The highest BCUT2D eigenvalue weighted by molar-refractivity contribution is 6.30. The molecule has 0 saturated carbocycles. The van der Waals surface area contributed by atoms with E-state index in [1.165, 1.54) is 19.3 Å². The van der Waals surface area contributed by atoms with Crippen LogP contribution in [0.3, 0.4) is 0 Å². The smallest absolute Gasteiger partial charge is 0.225 e. The zero-order valence-electron chi connectivity index (χ0n) is 9.82. The standard InChI is InChI=1S/C12H17ClN4/c13-10-6-15-11(16-7-10)17-5-1-2-12(9-17)3-4-14-8-12/h6-7,14H,1-5,8-9H2/t12-/m0/s1. The van der Waals surface area contributed by atoms with Crippen LogP contribution in [0.15, 0.2) is 12.4 Å². The first-order valence-corrected chi connectivity index (χ1v) is 6.59. The lowest BCUT2D eigenvalue weighted by atomic mass is 9.79. The molecule has 17 heavy (non-hydrogen) atoms. The van der Waals surface area contributed by atoms with E-state index in [0.717, 1.165) is 32.1 Å². The highest BCUT2D eigenvalue weighted by atomic mass is 35.5. The second-order valence-corrected chi connectivity index (χ2v) is 5.59. The van der Waals surface area contributed by atoms with E-state index < -0.39 is 0 Å². The Morgan fingerprint density at radius 1 is 1.29 bits per heavy atom. The zero-order valence-corrected chi connectivity index (χ0v) is 10.6. The first-order valence-electron chi connectivity index (χ1n) is 6.21. The second-order valence-electron chi connectivity index (χ2n) is 5.15. The molecule has 0 radical (unpaired) electrons. The summed E-state index contributed by atoms with van der Waals surface area (Å²) in [5.74, 6) is 0.820. The van der Waals surface area contributed by atoms with Crippen LogP contribution in [0.2, 0.25) is 5.02 Å². The summed E-state index contributed by atoms with van der Waals surface area (Å²) in [6, 6.07) is 0. The van der Waals surface area contributed by atoms with Gasteiger partial charge in [0.2, 0.25) is 5.95 Å². The Labute approximate surface area is 106 Å². The third kappa shape index (κ3) is 2.24. The van der Waals surface area contributed by atoms with Gasteiger partial charge in [0.25, 0.3) is 0 Å². The third-order valence-corrected chi connectivity index (χ3v) is 4.08. The molecule has 1 aromatic heterocycles. The lowest BCUT2D eigenvalue weighted by Crippen LogP contribution is -2.45. The molecule has 2 saturated heterocycles. The van der Waals surface area contributed by atoms with Crippen molar-refractivity contribution in [1.82, 2.24) is 15.3 Å². The minimum absolute atomic E-state index is 0.446. The van der Waals surface area contributed by atoms with Gasteiger partial charge >= 0.3 is 0 Å². The molecule has 1 atom stereocenters. The van der Waals surface area contributed by atoms with Crippen molar-refractivity contribution in [3.05, 3.63) is 17.4 Å². The summed E-state index contributed by atoms with van der Waals surface area (Å²) in [7, 11) is 0. The summed E-state index contributed by atoms with van der Waals surface area (Å²) in [6.07, 6.45) is 7.19. The Morgan fingerprint density at radius 2 is 2.12 bits per heavy atom. The summed E-state index contributed by atoms with van der Waals surface area (Å²) < 4.78 is 0. The Balaban J connectivity index is 1.77. The van der Waals surface area contributed by atoms with E-state index in [0.29, 0.717) is 10.4 Å². The summed E-state index contributed by atoms with van der Waals surface area (Å²) in [5, 5.41) is 4.08. The highest BCUT2D eigenvalue weighted by Crippen LogP contribution is 2.36. The van der Waals surface area contributed by atoms with Gasteiger partial charge in [-0.05, 0) is 25.8 Å². The summed E-state index contributed by atoms with van der Waals surface area (Å²) >= 11 is 5.82. The van der Waals surface area contributed by atoms with Gasteiger partial charge in [0.1, 0.15) is 0 Å². The topological polar surface area (TPSA) is 41.1 Å². The van der Waals surface area contributed by atoms with Gasteiger partial charge in [-0.3, -0.25) is 0 Å². The van der Waals surface area contributed by atoms with Crippen LogP contribution < -0.4 is 10.2 Å². The molecule has 1 spiro atoms. The van der Waals surface area contributed by atoms with Crippen molar-refractivity contribution in [2.45, 2.75) is 19.3 Å². The molecule has 0 unspecified atom stereocenters. The Bertz CT molecular complexity index is 386. The van der Waals surface area contributed by atoms with Crippen molar-refractivity contribution in [3.63, 3.8) is 0 Å². The van der Waals surface area contributed by atoms with Crippen LogP contribution in [-0.2, 0) is 0 Å². The number of nitrogens with zero attached hydrogens (tertiary/aromatic N) is 3. The van der Waals surface area contributed by atoms with Gasteiger partial charge in [-0.25, -0.2) is 9.97 Å². The Hall–Kier alpha value is -0.870. The Kier molecular flexibility index (Phi) is 2.92. The Morgan fingerprint density at radius 3 is 2.82 bits per heavy atom. The first kappa shape index (κ1) is 11.2. The van der Waals surface area contributed by atoms with Crippen LogP contribution in [-0.4, -0.2) is 36.1 Å². The van der Waals surface area contributed by atoms with Crippen LogP contribution in [0.1, 0.15) is 19.3 Å². The van der Waals surface area contributed by atoms with E-state index in [1.54, 1.807) is 12.4 Å². The molecule has 3 heterocycles. The quantitative estimate of drug-likeness (QED) is 0.826. The molecule has 3 rings (SSSR count). The highest BCUT2D eigenvalue weighted by Gasteiger charge is 2.38. The molecule has 2 fully saturated rings. The van der Waals surface area contributed by atoms with Crippen molar-refractivity contribution in [1.29, 1.82) is 0 Å². The molecule has 1 aromatic rings. The van der Waals surface area contributed by atoms with Gasteiger partial charge < -0.3 is 10.2 Å². The van der Waals surface area contributed by atoms with Crippen LogP contribution >= 0.6 is 11.6 Å². The van der Waals surface area contributed by atoms with Crippen molar-refractivity contribution in [3.8, 4) is 0 Å². The van der Waals surface area contributed by atoms with Crippen LogP contribution in [0, 0.1) is 5.41 Å². The lowest BCUT2D eigenvalue weighted by molar-refractivity contribution is 0.259. The van der Waals surface area contributed by atoms with Gasteiger partial charge in [-0.1, -0.05) is 11.6 Å². The number of halogens is 1. The lowest BCUT2D eigenvalue weighted by Gasteiger charge is -2.39. The van der Waals surface area contributed by atoms with Crippen molar-refractivity contribution >= 4 is 17.5 Å². The molecule has 1 N–H and O–H groups in total. The predicted molar refractivity (Wildman–Crippen MR) is 68.4 cm³/mol. The normalized spacial score (nSPS) is 28.9. The van der Waals surface area contributed by atoms with E-state index in [-0.39, 0.29) is 0 Å². The molecule has 0 bridgehead atoms. The number of piperidine rings is 1. The van der Waals surface area contributed by atoms with Gasteiger partial charge in [0, 0.05) is 25.0 Å². The number of hydrogen-bond acceptors (Lipinski definition) is 4.